The van der Waals surface area contributed by atoms with E-state index in [1.165, 1.54) is 17.4 Å². The van der Waals surface area contributed by atoms with Crippen LogP contribution >= 0.6 is 11.3 Å². The van der Waals surface area contributed by atoms with Crippen molar-refractivity contribution in [3.8, 4) is 10.6 Å². The Labute approximate surface area is 151 Å². The van der Waals surface area contributed by atoms with E-state index in [9.17, 15) is 9.18 Å². The molecule has 1 aliphatic rings. The third kappa shape index (κ3) is 3.20. The van der Waals surface area contributed by atoms with Gasteiger partial charge in [-0.1, -0.05) is 26.0 Å². The Morgan fingerprint density at radius 2 is 2.16 bits per heavy atom. The Morgan fingerprint density at radius 3 is 2.80 bits per heavy atom. The number of rotatable bonds is 5. The van der Waals surface area contributed by atoms with Crippen LogP contribution in [0.3, 0.4) is 0 Å². The Hall–Kier alpha value is -1.79. The van der Waals surface area contributed by atoms with Gasteiger partial charge in [-0.2, -0.15) is 0 Å². The molecule has 0 saturated heterocycles. The molecule has 0 N–H and O–H groups in total. The Bertz CT molecular complexity index is 774. The second kappa shape index (κ2) is 6.84. The fourth-order valence-electron chi connectivity index (χ4n) is 3.46. The van der Waals surface area contributed by atoms with Gasteiger partial charge in [-0.05, 0) is 25.5 Å². The first kappa shape index (κ1) is 18.0. The summed E-state index contributed by atoms with van der Waals surface area (Å²) in [6, 6.07) is 6.58. The standard InChI is InChI=1S/C19H23FN2O2S/c1-5-24-16-10-15(19(16,2)3)22(4)18(23)14-11-25-17(21-14)12-8-6-7-9-13(12)20/h6-9,11,15-16H,5,10H2,1-4H3/t15-,16-/m1/s1. The summed E-state index contributed by atoms with van der Waals surface area (Å²) in [5, 5.41) is 2.22. The highest BCUT2D eigenvalue weighted by Gasteiger charge is 2.52. The molecule has 2 atom stereocenters. The molecule has 1 heterocycles. The maximum absolute atomic E-state index is 13.9. The second-order valence-corrected chi connectivity index (χ2v) is 7.81. The highest BCUT2D eigenvalue weighted by Crippen LogP contribution is 2.45. The molecule has 3 rings (SSSR count). The number of halogens is 1. The molecule has 0 bridgehead atoms. The quantitative estimate of drug-likeness (QED) is 0.800. The summed E-state index contributed by atoms with van der Waals surface area (Å²) < 4.78 is 19.7. The lowest BCUT2D eigenvalue weighted by Gasteiger charge is -2.54. The van der Waals surface area contributed by atoms with Crippen molar-refractivity contribution in [2.45, 2.75) is 39.3 Å². The summed E-state index contributed by atoms with van der Waals surface area (Å²) in [6.07, 6.45) is 0.995. The van der Waals surface area contributed by atoms with E-state index in [-0.39, 0.29) is 29.3 Å². The predicted octanol–water partition coefficient (Wildman–Crippen LogP) is 4.22. The van der Waals surface area contributed by atoms with Gasteiger partial charge in [0.05, 0.1) is 6.10 Å². The first-order chi connectivity index (χ1) is 11.9. The van der Waals surface area contributed by atoms with Crippen LogP contribution in [0.25, 0.3) is 10.6 Å². The minimum atomic E-state index is -0.330. The van der Waals surface area contributed by atoms with Gasteiger partial charge < -0.3 is 9.64 Å². The monoisotopic (exact) mass is 362 g/mol. The molecule has 0 unspecified atom stereocenters. The molecule has 0 spiro atoms. The van der Waals surface area contributed by atoms with E-state index in [1.54, 1.807) is 35.5 Å². The van der Waals surface area contributed by atoms with Crippen LogP contribution in [0.4, 0.5) is 4.39 Å². The lowest BCUT2D eigenvalue weighted by atomic mass is 9.63. The van der Waals surface area contributed by atoms with Crippen LogP contribution in [-0.4, -0.2) is 41.6 Å². The van der Waals surface area contributed by atoms with E-state index in [2.05, 4.69) is 18.8 Å². The fourth-order valence-corrected chi connectivity index (χ4v) is 4.28. The van der Waals surface area contributed by atoms with Crippen molar-refractivity contribution in [3.63, 3.8) is 0 Å². The zero-order valence-electron chi connectivity index (χ0n) is 15.0. The van der Waals surface area contributed by atoms with Gasteiger partial charge in [-0.25, -0.2) is 9.37 Å². The summed E-state index contributed by atoms with van der Waals surface area (Å²) in [5.41, 5.74) is 0.696. The number of amides is 1. The van der Waals surface area contributed by atoms with Gasteiger partial charge in [0.15, 0.2) is 0 Å². The van der Waals surface area contributed by atoms with E-state index in [4.69, 9.17) is 4.74 Å². The van der Waals surface area contributed by atoms with E-state index in [0.29, 0.717) is 22.9 Å². The van der Waals surface area contributed by atoms with Crippen molar-refractivity contribution >= 4 is 17.2 Å². The van der Waals surface area contributed by atoms with Crippen LogP contribution in [0.5, 0.6) is 0 Å². The highest BCUT2D eigenvalue weighted by molar-refractivity contribution is 7.13. The van der Waals surface area contributed by atoms with Crippen LogP contribution in [0.2, 0.25) is 0 Å². The smallest absolute Gasteiger partial charge is 0.273 e. The largest absolute Gasteiger partial charge is 0.378 e. The number of carbonyl (C=O) groups excluding carboxylic acids is 1. The molecule has 0 aliphatic heterocycles. The van der Waals surface area contributed by atoms with Crippen LogP contribution < -0.4 is 0 Å². The van der Waals surface area contributed by atoms with Crippen molar-refractivity contribution in [1.82, 2.24) is 9.88 Å². The first-order valence-electron chi connectivity index (χ1n) is 8.45. The zero-order chi connectivity index (χ0) is 18.2. The fraction of sp³-hybridized carbons (Fsp3) is 0.474. The van der Waals surface area contributed by atoms with Crippen molar-refractivity contribution in [2.75, 3.05) is 13.7 Å². The van der Waals surface area contributed by atoms with Crippen molar-refractivity contribution in [1.29, 1.82) is 0 Å². The molecule has 1 fully saturated rings. The molecule has 1 aromatic carbocycles. The molecule has 1 aromatic heterocycles. The Balaban J connectivity index is 1.75. The van der Waals surface area contributed by atoms with Gasteiger partial charge in [0.2, 0.25) is 0 Å². The number of aromatic nitrogens is 1. The van der Waals surface area contributed by atoms with Crippen LogP contribution in [0.15, 0.2) is 29.6 Å². The maximum atomic E-state index is 13.9. The average Bonchev–Trinajstić information content (AvgIpc) is 3.07. The highest BCUT2D eigenvalue weighted by atomic mass is 32.1. The number of hydrogen-bond donors (Lipinski definition) is 0. The topological polar surface area (TPSA) is 42.4 Å². The molecule has 134 valence electrons. The predicted molar refractivity (Wildman–Crippen MR) is 97.2 cm³/mol. The minimum Gasteiger partial charge on any atom is -0.378 e. The number of carbonyl (C=O) groups is 1. The third-order valence-corrected chi connectivity index (χ3v) is 5.98. The summed E-state index contributed by atoms with van der Waals surface area (Å²) in [6.45, 7) is 6.91. The second-order valence-electron chi connectivity index (χ2n) is 6.95. The molecule has 1 saturated carbocycles. The van der Waals surface area contributed by atoms with E-state index >= 15 is 0 Å². The molecule has 6 heteroatoms. The van der Waals surface area contributed by atoms with Gasteiger partial charge >= 0.3 is 0 Å². The van der Waals surface area contributed by atoms with Gasteiger partial charge in [0.1, 0.15) is 16.5 Å². The number of hydrogen-bond acceptors (Lipinski definition) is 4. The van der Waals surface area contributed by atoms with Crippen LogP contribution in [0.1, 0.15) is 37.7 Å². The molecule has 1 amide bonds. The number of ether oxygens (including phenoxy) is 1. The van der Waals surface area contributed by atoms with Gasteiger partial charge in [0, 0.05) is 36.1 Å². The number of thiazole rings is 1. The van der Waals surface area contributed by atoms with Gasteiger partial charge in [-0.15, -0.1) is 11.3 Å². The van der Waals surface area contributed by atoms with Gasteiger partial charge in [-0.3, -0.25) is 4.79 Å². The zero-order valence-corrected chi connectivity index (χ0v) is 15.8. The first-order valence-corrected chi connectivity index (χ1v) is 9.33. The molecule has 1 aliphatic carbocycles. The van der Waals surface area contributed by atoms with Crippen LogP contribution in [-0.2, 0) is 4.74 Å². The van der Waals surface area contributed by atoms with Crippen LogP contribution in [0, 0.1) is 11.2 Å². The van der Waals surface area contributed by atoms with Crippen molar-refractivity contribution in [2.24, 2.45) is 5.41 Å². The van der Waals surface area contributed by atoms with Crippen molar-refractivity contribution < 1.29 is 13.9 Å². The molecule has 4 nitrogen and oxygen atoms in total. The third-order valence-electron chi connectivity index (χ3n) is 5.11. The molecule has 2 aromatic rings. The summed E-state index contributed by atoms with van der Waals surface area (Å²) in [4.78, 5) is 18.9. The summed E-state index contributed by atoms with van der Waals surface area (Å²) in [5.74, 6) is -0.462. The van der Waals surface area contributed by atoms with E-state index in [0.717, 1.165) is 6.42 Å². The van der Waals surface area contributed by atoms with Crippen molar-refractivity contribution in [3.05, 3.63) is 41.2 Å². The minimum absolute atomic E-state index is 0.0925. The SMILES string of the molecule is CCO[C@@H]1C[C@@H](N(C)C(=O)c2csc(-c3ccccc3F)n2)C1(C)C. The summed E-state index contributed by atoms with van der Waals surface area (Å²) >= 11 is 1.29. The Kier molecular flexibility index (Phi) is 4.93. The summed E-state index contributed by atoms with van der Waals surface area (Å²) in [7, 11) is 1.80. The normalized spacial score (nSPS) is 21.6. The van der Waals surface area contributed by atoms with Gasteiger partial charge in [0.25, 0.3) is 5.91 Å². The van der Waals surface area contributed by atoms with E-state index in [1.807, 2.05) is 6.92 Å². The molecular formula is C19H23FN2O2S. The molecule has 0 radical (unpaired) electrons. The maximum Gasteiger partial charge on any atom is 0.273 e. The lowest BCUT2D eigenvalue weighted by Crippen LogP contribution is -2.62. The molecular weight excluding hydrogens is 339 g/mol. The number of benzene rings is 1. The van der Waals surface area contributed by atoms with E-state index < -0.39 is 0 Å². The lowest BCUT2D eigenvalue weighted by molar-refractivity contribution is -0.136. The number of nitrogens with zero attached hydrogens (tertiary/aromatic N) is 2. The molecule has 25 heavy (non-hydrogen) atoms. The Morgan fingerprint density at radius 1 is 1.44 bits per heavy atom. The average molecular weight is 362 g/mol.